The minimum Gasteiger partial charge on any atom is -0.254 e. The molecule has 0 aliphatic rings. The average molecular weight is 278 g/mol. The third-order valence-electron chi connectivity index (χ3n) is 1.81. The summed E-state index contributed by atoms with van der Waals surface area (Å²) < 4.78 is 11.7. The Kier molecular flexibility index (Phi) is 5.63. The van der Waals surface area contributed by atoms with Gasteiger partial charge in [0.05, 0.1) is 20.8 Å². The van der Waals surface area contributed by atoms with Gasteiger partial charge in [0.2, 0.25) is 0 Å². The molecular weight excluding hydrogens is 269 g/mol. The summed E-state index contributed by atoms with van der Waals surface area (Å²) in [5, 5.41) is 4.20. The van der Waals surface area contributed by atoms with Crippen LogP contribution < -0.4 is 0 Å². The van der Waals surface area contributed by atoms with Crippen LogP contribution in [0.4, 0.5) is 0 Å². The number of hydrogen-bond acceptors (Lipinski definition) is 2. The maximum Gasteiger partial charge on any atom is 0.0604 e. The zero-order valence-electron chi connectivity index (χ0n) is 8.27. The van der Waals surface area contributed by atoms with Crippen LogP contribution in [0.2, 0.25) is 10.0 Å². The predicted molar refractivity (Wildman–Crippen MR) is 66.4 cm³/mol. The molecule has 0 fully saturated rings. The van der Waals surface area contributed by atoms with Crippen LogP contribution in [0.25, 0.3) is 10.4 Å². The van der Waals surface area contributed by atoms with Crippen LogP contribution in [0.5, 0.6) is 0 Å². The fraction of sp³-hybridized carbons (Fsp3) is 0.333. The molecule has 1 aromatic rings. The predicted octanol–water partition coefficient (Wildman–Crippen LogP) is 3.80. The quantitative estimate of drug-likeness (QED) is 0.349. The minimum atomic E-state index is -1.13. The van der Waals surface area contributed by atoms with Crippen molar-refractivity contribution in [3.63, 3.8) is 0 Å². The standard InChI is InChI=1S/C9H9Cl2N3OS/c10-8-3-2-7(6-9(8)11)16(15)5-1-4-13-14-12/h2-3,6H,1,4-5H2. The molecule has 0 spiro atoms. The molecule has 0 amide bonds. The van der Waals surface area contributed by atoms with Gasteiger partial charge < -0.3 is 0 Å². The molecule has 0 radical (unpaired) electrons. The molecule has 0 N–H and O–H groups in total. The van der Waals surface area contributed by atoms with E-state index in [4.69, 9.17) is 28.7 Å². The average Bonchev–Trinajstić information content (AvgIpc) is 2.28. The van der Waals surface area contributed by atoms with E-state index in [1.54, 1.807) is 18.2 Å². The highest BCUT2D eigenvalue weighted by atomic mass is 35.5. The number of rotatable bonds is 5. The third kappa shape index (κ3) is 4.02. The topological polar surface area (TPSA) is 65.8 Å². The van der Waals surface area contributed by atoms with Gasteiger partial charge in [0.15, 0.2) is 0 Å². The maximum atomic E-state index is 11.7. The lowest BCUT2D eigenvalue weighted by atomic mass is 10.4. The summed E-state index contributed by atoms with van der Waals surface area (Å²) in [7, 11) is -1.13. The van der Waals surface area contributed by atoms with Crippen LogP contribution >= 0.6 is 23.2 Å². The zero-order chi connectivity index (χ0) is 12.0. The molecule has 86 valence electrons. The smallest absolute Gasteiger partial charge is 0.0604 e. The van der Waals surface area contributed by atoms with Crippen molar-refractivity contribution in [1.82, 2.24) is 0 Å². The van der Waals surface area contributed by atoms with Crippen LogP contribution in [0.15, 0.2) is 28.2 Å². The van der Waals surface area contributed by atoms with E-state index in [9.17, 15) is 4.21 Å². The lowest BCUT2D eigenvalue weighted by Crippen LogP contribution is -1.99. The van der Waals surface area contributed by atoms with Crippen molar-refractivity contribution in [2.24, 2.45) is 5.11 Å². The van der Waals surface area contributed by atoms with Crippen LogP contribution in [0.1, 0.15) is 6.42 Å². The molecule has 1 unspecified atom stereocenters. The Hall–Kier alpha value is -0.740. The highest BCUT2D eigenvalue weighted by molar-refractivity contribution is 7.85. The Balaban J connectivity index is 2.59. The van der Waals surface area contributed by atoms with E-state index in [-0.39, 0.29) is 0 Å². The second-order valence-corrected chi connectivity index (χ2v) is 5.32. The first-order valence-electron chi connectivity index (χ1n) is 4.49. The summed E-state index contributed by atoms with van der Waals surface area (Å²) in [6, 6.07) is 4.88. The lowest BCUT2D eigenvalue weighted by Gasteiger charge is -2.02. The van der Waals surface area contributed by atoms with Crippen LogP contribution in [-0.2, 0) is 10.8 Å². The summed E-state index contributed by atoms with van der Waals surface area (Å²) in [6.45, 7) is 0.351. The van der Waals surface area contributed by atoms with Gasteiger partial charge in [-0.1, -0.05) is 28.3 Å². The normalized spacial score (nSPS) is 11.9. The van der Waals surface area contributed by atoms with Gasteiger partial charge in [-0.25, -0.2) is 0 Å². The molecule has 4 nitrogen and oxygen atoms in total. The molecule has 1 rings (SSSR count). The molecule has 0 bridgehead atoms. The molecule has 0 aliphatic heterocycles. The van der Waals surface area contributed by atoms with E-state index in [0.29, 0.717) is 33.7 Å². The van der Waals surface area contributed by atoms with Gasteiger partial charge in [-0.3, -0.25) is 4.21 Å². The highest BCUT2D eigenvalue weighted by Gasteiger charge is 2.06. The monoisotopic (exact) mass is 277 g/mol. The first-order valence-corrected chi connectivity index (χ1v) is 6.57. The summed E-state index contributed by atoms with van der Waals surface area (Å²) in [6.07, 6.45) is 0.580. The van der Waals surface area contributed by atoms with Crippen molar-refractivity contribution >= 4 is 34.0 Å². The van der Waals surface area contributed by atoms with Crippen molar-refractivity contribution in [1.29, 1.82) is 0 Å². The molecule has 16 heavy (non-hydrogen) atoms. The van der Waals surface area contributed by atoms with Crippen LogP contribution in [0.3, 0.4) is 0 Å². The Morgan fingerprint density at radius 2 is 2.12 bits per heavy atom. The number of hydrogen-bond donors (Lipinski definition) is 0. The summed E-state index contributed by atoms with van der Waals surface area (Å²) in [5.41, 5.74) is 8.07. The highest BCUT2D eigenvalue weighted by Crippen LogP contribution is 2.24. The molecule has 7 heteroatoms. The second-order valence-electron chi connectivity index (χ2n) is 2.93. The number of azide groups is 1. The fourth-order valence-corrected chi connectivity index (χ4v) is 2.51. The largest absolute Gasteiger partial charge is 0.254 e. The van der Waals surface area contributed by atoms with Gasteiger partial charge in [0.25, 0.3) is 0 Å². The molecule has 0 saturated heterocycles. The van der Waals surface area contributed by atoms with Gasteiger partial charge in [0.1, 0.15) is 0 Å². The van der Waals surface area contributed by atoms with Crippen molar-refractivity contribution in [3.8, 4) is 0 Å². The Bertz CT molecular complexity index is 446. The van der Waals surface area contributed by atoms with Gasteiger partial charge in [-0.05, 0) is 30.2 Å². The van der Waals surface area contributed by atoms with Gasteiger partial charge >= 0.3 is 0 Å². The summed E-state index contributed by atoms with van der Waals surface area (Å²) >= 11 is 11.6. The van der Waals surface area contributed by atoms with E-state index >= 15 is 0 Å². The molecule has 0 heterocycles. The SMILES string of the molecule is [N-]=[N+]=NCCCS(=O)c1ccc(Cl)c(Cl)c1. The van der Waals surface area contributed by atoms with E-state index < -0.39 is 10.8 Å². The van der Waals surface area contributed by atoms with E-state index in [1.165, 1.54) is 0 Å². The van der Waals surface area contributed by atoms with E-state index in [0.717, 1.165) is 0 Å². The summed E-state index contributed by atoms with van der Waals surface area (Å²) in [5.74, 6) is 0.441. The van der Waals surface area contributed by atoms with Crippen LogP contribution in [0, 0.1) is 0 Å². The Labute approximate surface area is 106 Å². The second kappa shape index (κ2) is 6.76. The molecule has 0 saturated carbocycles. The number of nitrogens with zero attached hydrogens (tertiary/aromatic N) is 3. The Morgan fingerprint density at radius 3 is 2.75 bits per heavy atom. The van der Waals surface area contributed by atoms with Gasteiger partial charge in [-0.2, -0.15) is 0 Å². The lowest BCUT2D eigenvalue weighted by molar-refractivity contribution is 0.680. The first-order chi connectivity index (χ1) is 7.65. The third-order valence-corrected chi connectivity index (χ3v) is 3.98. The van der Waals surface area contributed by atoms with Crippen molar-refractivity contribution < 1.29 is 4.21 Å². The van der Waals surface area contributed by atoms with Gasteiger partial charge in [0, 0.05) is 22.1 Å². The zero-order valence-corrected chi connectivity index (χ0v) is 10.6. The molecular formula is C9H9Cl2N3OS. The minimum absolute atomic E-state index is 0.351. The van der Waals surface area contributed by atoms with Crippen LogP contribution in [-0.4, -0.2) is 16.5 Å². The molecule has 1 atom stereocenters. The van der Waals surface area contributed by atoms with Crippen molar-refractivity contribution in [2.75, 3.05) is 12.3 Å². The van der Waals surface area contributed by atoms with E-state index in [2.05, 4.69) is 10.0 Å². The summed E-state index contributed by atoms with van der Waals surface area (Å²) in [4.78, 5) is 3.25. The van der Waals surface area contributed by atoms with E-state index in [1.807, 2.05) is 0 Å². The molecule has 0 aliphatic carbocycles. The first kappa shape index (κ1) is 13.3. The number of benzene rings is 1. The van der Waals surface area contributed by atoms with Crippen molar-refractivity contribution in [2.45, 2.75) is 11.3 Å². The van der Waals surface area contributed by atoms with Crippen molar-refractivity contribution in [3.05, 3.63) is 38.7 Å². The van der Waals surface area contributed by atoms with Gasteiger partial charge in [-0.15, -0.1) is 0 Å². The molecule has 1 aromatic carbocycles. The Morgan fingerprint density at radius 1 is 1.38 bits per heavy atom. The molecule has 0 aromatic heterocycles. The number of halogens is 2. The maximum absolute atomic E-state index is 11.7. The fourth-order valence-electron chi connectivity index (χ4n) is 1.05.